The van der Waals surface area contributed by atoms with E-state index in [9.17, 15) is 0 Å². The van der Waals surface area contributed by atoms with Crippen LogP contribution in [0.1, 0.15) is 0 Å². The molecule has 0 fully saturated rings. The number of pyridine rings is 1. The van der Waals surface area contributed by atoms with Gasteiger partial charge in [0.15, 0.2) is 11.6 Å². The largest absolute Gasteiger partial charge is 0.363 e. The lowest BCUT2D eigenvalue weighted by molar-refractivity contribution is 0.423. The molecule has 22 heavy (non-hydrogen) atoms. The third-order valence-electron chi connectivity index (χ3n) is 3.21. The molecule has 0 aliphatic heterocycles. The van der Waals surface area contributed by atoms with Crippen molar-refractivity contribution in [2.24, 2.45) is 0 Å². The van der Waals surface area contributed by atoms with E-state index < -0.39 is 0 Å². The molecule has 6 heteroatoms. The fourth-order valence-corrected chi connectivity index (χ4v) is 2.19. The molecule has 106 valence electrons. The molecule has 0 spiro atoms. The van der Waals surface area contributed by atoms with Crippen LogP contribution in [0, 0.1) is 0 Å². The van der Waals surface area contributed by atoms with E-state index in [0.29, 0.717) is 17.5 Å². The highest BCUT2D eigenvalue weighted by molar-refractivity contribution is 5.91. The Hall–Kier alpha value is -3.28. The number of fused-ring (bicyclic) bond motifs is 1. The van der Waals surface area contributed by atoms with E-state index in [1.165, 1.54) is 6.26 Å². The maximum Gasteiger partial charge on any atom is 0.174 e. The third kappa shape index (κ3) is 2.26. The van der Waals surface area contributed by atoms with Gasteiger partial charge in [0.25, 0.3) is 0 Å². The topological polar surface area (TPSA) is 76.7 Å². The van der Waals surface area contributed by atoms with Gasteiger partial charge in [-0.15, -0.1) is 0 Å². The SMILES string of the molecule is c1cncc(-c2nc(Nc3ccon3)c3ccccc3n2)c1. The molecule has 0 saturated carbocycles. The molecule has 0 radical (unpaired) electrons. The monoisotopic (exact) mass is 289 g/mol. The van der Waals surface area contributed by atoms with Crippen molar-refractivity contribution in [3.8, 4) is 11.4 Å². The number of rotatable bonds is 3. The van der Waals surface area contributed by atoms with Crippen LogP contribution in [0.5, 0.6) is 0 Å². The van der Waals surface area contributed by atoms with Gasteiger partial charge >= 0.3 is 0 Å². The first kappa shape index (κ1) is 12.5. The van der Waals surface area contributed by atoms with Gasteiger partial charge in [0, 0.05) is 29.4 Å². The summed E-state index contributed by atoms with van der Waals surface area (Å²) in [4.78, 5) is 13.3. The van der Waals surface area contributed by atoms with Crippen molar-refractivity contribution in [3.63, 3.8) is 0 Å². The zero-order valence-electron chi connectivity index (χ0n) is 11.5. The average molecular weight is 289 g/mol. The highest BCUT2D eigenvalue weighted by atomic mass is 16.5. The Kier molecular flexibility index (Phi) is 2.97. The standard InChI is InChI=1S/C16H11N5O/c1-2-6-13-12(5-1)16(19-14-7-9-22-21-14)20-15(18-13)11-4-3-8-17-10-11/h1-10H,(H,18,19,20,21). The summed E-state index contributed by atoms with van der Waals surface area (Å²) in [7, 11) is 0. The van der Waals surface area contributed by atoms with Crippen molar-refractivity contribution in [2.75, 3.05) is 5.32 Å². The normalized spacial score (nSPS) is 10.7. The molecule has 1 aromatic carbocycles. The van der Waals surface area contributed by atoms with E-state index in [-0.39, 0.29) is 0 Å². The smallest absolute Gasteiger partial charge is 0.174 e. The second-order valence-electron chi connectivity index (χ2n) is 4.66. The second kappa shape index (κ2) is 5.25. The summed E-state index contributed by atoms with van der Waals surface area (Å²) in [5.41, 5.74) is 1.71. The Bertz CT molecular complexity index is 906. The van der Waals surface area contributed by atoms with Crippen LogP contribution >= 0.6 is 0 Å². The molecule has 0 bridgehead atoms. The molecule has 4 aromatic rings. The predicted octanol–water partition coefficient (Wildman–Crippen LogP) is 3.42. The van der Waals surface area contributed by atoms with Crippen molar-refractivity contribution in [1.29, 1.82) is 0 Å². The molecule has 0 aliphatic carbocycles. The summed E-state index contributed by atoms with van der Waals surface area (Å²) < 4.78 is 4.85. The van der Waals surface area contributed by atoms with Crippen molar-refractivity contribution in [1.82, 2.24) is 20.1 Å². The van der Waals surface area contributed by atoms with E-state index in [0.717, 1.165) is 16.5 Å². The highest BCUT2D eigenvalue weighted by Crippen LogP contribution is 2.26. The second-order valence-corrected chi connectivity index (χ2v) is 4.66. The Morgan fingerprint density at radius 2 is 1.91 bits per heavy atom. The van der Waals surface area contributed by atoms with Crippen LogP contribution in [-0.2, 0) is 0 Å². The number of para-hydroxylation sites is 1. The Morgan fingerprint density at radius 3 is 2.73 bits per heavy atom. The lowest BCUT2D eigenvalue weighted by Gasteiger charge is -2.08. The van der Waals surface area contributed by atoms with Gasteiger partial charge in [0.2, 0.25) is 0 Å². The molecule has 6 nitrogen and oxygen atoms in total. The fourth-order valence-electron chi connectivity index (χ4n) is 2.19. The Balaban J connectivity index is 1.89. The molecule has 3 heterocycles. The van der Waals surface area contributed by atoms with Gasteiger partial charge < -0.3 is 9.84 Å². The molecule has 0 unspecified atom stereocenters. The van der Waals surface area contributed by atoms with Gasteiger partial charge in [-0.2, -0.15) is 0 Å². The lowest BCUT2D eigenvalue weighted by Crippen LogP contribution is -1.99. The lowest BCUT2D eigenvalue weighted by atomic mass is 10.2. The summed E-state index contributed by atoms with van der Waals surface area (Å²) in [6.45, 7) is 0. The average Bonchev–Trinajstić information content (AvgIpc) is 3.09. The van der Waals surface area contributed by atoms with E-state index in [1.807, 2.05) is 36.4 Å². The number of hydrogen-bond donors (Lipinski definition) is 1. The third-order valence-corrected chi connectivity index (χ3v) is 3.21. The molecule has 0 amide bonds. The van der Waals surface area contributed by atoms with Crippen LogP contribution in [0.2, 0.25) is 0 Å². The van der Waals surface area contributed by atoms with Gasteiger partial charge in [0.1, 0.15) is 12.1 Å². The van der Waals surface area contributed by atoms with E-state index in [2.05, 4.69) is 25.4 Å². The molecule has 0 aliphatic rings. The molecular weight excluding hydrogens is 278 g/mol. The number of aromatic nitrogens is 4. The van der Waals surface area contributed by atoms with Crippen LogP contribution in [0.15, 0.2) is 65.6 Å². The van der Waals surface area contributed by atoms with E-state index in [4.69, 9.17) is 4.52 Å². The van der Waals surface area contributed by atoms with Crippen molar-refractivity contribution >= 4 is 22.5 Å². The Morgan fingerprint density at radius 1 is 0.955 bits per heavy atom. The zero-order chi connectivity index (χ0) is 14.8. The van der Waals surface area contributed by atoms with Crippen molar-refractivity contribution < 1.29 is 4.52 Å². The molecule has 0 atom stereocenters. The van der Waals surface area contributed by atoms with Gasteiger partial charge in [0.05, 0.1) is 5.52 Å². The molecule has 4 rings (SSSR count). The van der Waals surface area contributed by atoms with Crippen molar-refractivity contribution in [2.45, 2.75) is 0 Å². The van der Waals surface area contributed by atoms with Crippen LogP contribution in [0.4, 0.5) is 11.6 Å². The maximum atomic E-state index is 4.85. The summed E-state index contributed by atoms with van der Waals surface area (Å²) >= 11 is 0. The molecule has 3 aromatic heterocycles. The minimum absolute atomic E-state index is 0.598. The van der Waals surface area contributed by atoms with Crippen LogP contribution in [0.3, 0.4) is 0 Å². The highest BCUT2D eigenvalue weighted by Gasteiger charge is 2.10. The number of benzene rings is 1. The van der Waals surface area contributed by atoms with Gasteiger partial charge in [-0.3, -0.25) is 4.98 Å². The summed E-state index contributed by atoms with van der Waals surface area (Å²) in [6.07, 6.45) is 4.97. The number of nitrogens with zero attached hydrogens (tertiary/aromatic N) is 4. The summed E-state index contributed by atoms with van der Waals surface area (Å²) in [6, 6.07) is 13.3. The van der Waals surface area contributed by atoms with Crippen molar-refractivity contribution in [3.05, 3.63) is 61.1 Å². The summed E-state index contributed by atoms with van der Waals surface area (Å²) in [5.74, 6) is 1.89. The predicted molar refractivity (Wildman–Crippen MR) is 82.6 cm³/mol. The molecular formula is C16H11N5O. The van der Waals surface area contributed by atoms with Crippen LogP contribution < -0.4 is 5.32 Å². The quantitative estimate of drug-likeness (QED) is 0.622. The van der Waals surface area contributed by atoms with E-state index in [1.54, 1.807) is 18.5 Å². The first-order valence-electron chi connectivity index (χ1n) is 6.75. The summed E-state index contributed by atoms with van der Waals surface area (Å²) in [5, 5.41) is 7.94. The maximum absolute atomic E-state index is 4.85. The van der Waals surface area contributed by atoms with Crippen LogP contribution in [0.25, 0.3) is 22.3 Å². The fraction of sp³-hybridized carbons (Fsp3) is 0. The minimum atomic E-state index is 0.598. The minimum Gasteiger partial charge on any atom is -0.363 e. The van der Waals surface area contributed by atoms with Gasteiger partial charge in [-0.25, -0.2) is 9.97 Å². The molecule has 0 saturated heterocycles. The van der Waals surface area contributed by atoms with Gasteiger partial charge in [-0.1, -0.05) is 17.3 Å². The van der Waals surface area contributed by atoms with E-state index >= 15 is 0 Å². The molecule has 1 N–H and O–H groups in total. The Labute approximate surface area is 125 Å². The first-order valence-corrected chi connectivity index (χ1v) is 6.75. The first-order chi connectivity index (χ1) is 10.9. The number of nitrogens with one attached hydrogen (secondary N) is 1. The van der Waals surface area contributed by atoms with Gasteiger partial charge in [-0.05, 0) is 24.3 Å². The van der Waals surface area contributed by atoms with Crippen LogP contribution in [-0.4, -0.2) is 20.1 Å². The number of hydrogen-bond acceptors (Lipinski definition) is 6. The number of anilines is 2. The zero-order valence-corrected chi connectivity index (χ0v) is 11.5.